The lowest BCUT2D eigenvalue weighted by Gasteiger charge is -2.31. The minimum atomic E-state index is -0.0353. The number of hydrogen-bond acceptors (Lipinski definition) is 3. The van der Waals surface area contributed by atoms with E-state index < -0.39 is 0 Å². The number of hydrogen-bond donors (Lipinski definition) is 3. The van der Waals surface area contributed by atoms with Gasteiger partial charge in [-0.25, -0.2) is 0 Å². The van der Waals surface area contributed by atoms with Gasteiger partial charge in [0.15, 0.2) is 0 Å². The molecule has 3 aromatic rings. The Morgan fingerprint density at radius 3 is 2.73 bits per heavy atom. The van der Waals surface area contributed by atoms with E-state index in [0.29, 0.717) is 23.9 Å². The van der Waals surface area contributed by atoms with Crippen molar-refractivity contribution in [1.82, 2.24) is 20.8 Å². The zero-order chi connectivity index (χ0) is 17.8. The number of nitrogens with one attached hydrogen (secondary N) is 3. The molecule has 1 aliphatic rings. The Labute approximate surface area is 153 Å². The van der Waals surface area contributed by atoms with Gasteiger partial charge in [0, 0.05) is 17.8 Å². The molecule has 1 saturated heterocycles. The number of fused-ring (bicyclic) bond motifs is 1. The number of amides is 1. The number of rotatable bonds is 5. The summed E-state index contributed by atoms with van der Waals surface area (Å²) < 4.78 is 0. The first-order valence-electron chi connectivity index (χ1n) is 9.29. The third-order valence-corrected chi connectivity index (χ3v) is 5.39. The Morgan fingerprint density at radius 2 is 1.92 bits per heavy atom. The second-order valence-corrected chi connectivity index (χ2v) is 6.95. The summed E-state index contributed by atoms with van der Waals surface area (Å²) >= 11 is 0. The number of carbonyl (C=O) groups excluding carboxylic acids is 1. The Morgan fingerprint density at radius 1 is 1.12 bits per heavy atom. The van der Waals surface area contributed by atoms with E-state index in [0.717, 1.165) is 36.8 Å². The molecule has 26 heavy (non-hydrogen) atoms. The fraction of sp³-hybridized carbons (Fsp3) is 0.333. The maximum absolute atomic E-state index is 12.8. The molecule has 1 amide bonds. The fourth-order valence-electron chi connectivity index (χ4n) is 3.97. The van der Waals surface area contributed by atoms with Gasteiger partial charge >= 0.3 is 0 Å². The van der Waals surface area contributed by atoms with Crippen molar-refractivity contribution in [3.63, 3.8) is 0 Å². The van der Waals surface area contributed by atoms with Crippen LogP contribution in [0.5, 0.6) is 0 Å². The zero-order valence-electron chi connectivity index (χ0n) is 14.7. The fourth-order valence-corrected chi connectivity index (χ4v) is 3.97. The third kappa shape index (κ3) is 3.48. The average Bonchev–Trinajstić information content (AvgIpc) is 3.18. The van der Waals surface area contributed by atoms with Crippen LogP contribution in [-0.4, -0.2) is 35.7 Å². The topological polar surface area (TPSA) is 69.8 Å². The number of piperidine rings is 1. The van der Waals surface area contributed by atoms with Crippen molar-refractivity contribution in [3.05, 3.63) is 65.9 Å². The first-order chi connectivity index (χ1) is 12.8. The predicted molar refractivity (Wildman–Crippen MR) is 103 cm³/mol. The number of nitrogens with zero attached hydrogens (tertiary/aromatic N) is 1. The maximum Gasteiger partial charge on any atom is 0.252 e. The highest BCUT2D eigenvalue weighted by atomic mass is 16.1. The molecule has 134 valence electrons. The molecule has 2 aromatic carbocycles. The molecule has 0 saturated carbocycles. The Kier molecular flexibility index (Phi) is 4.97. The van der Waals surface area contributed by atoms with E-state index in [1.807, 2.05) is 24.3 Å². The van der Waals surface area contributed by atoms with Crippen LogP contribution in [0.25, 0.3) is 10.9 Å². The molecule has 1 fully saturated rings. The van der Waals surface area contributed by atoms with E-state index in [1.165, 1.54) is 5.56 Å². The van der Waals surface area contributed by atoms with Gasteiger partial charge in [-0.1, -0.05) is 36.4 Å². The zero-order valence-corrected chi connectivity index (χ0v) is 14.7. The molecule has 1 aliphatic heterocycles. The molecule has 5 nitrogen and oxygen atoms in total. The van der Waals surface area contributed by atoms with Gasteiger partial charge in [-0.05, 0) is 49.5 Å². The molecular formula is C21H24N4O. The summed E-state index contributed by atoms with van der Waals surface area (Å²) in [5.41, 5.74) is 2.87. The van der Waals surface area contributed by atoms with Crippen molar-refractivity contribution >= 4 is 16.8 Å². The van der Waals surface area contributed by atoms with Crippen LogP contribution in [0.15, 0.2) is 54.7 Å². The second-order valence-electron chi connectivity index (χ2n) is 6.95. The minimum Gasteiger partial charge on any atom is -0.351 e. The molecule has 1 atom stereocenters. The van der Waals surface area contributed by atoms with Crippen LogP contribution in [0.2, 0.25) is 0 Å². The highest BCUT2D eigenvalue weighted by Gasteiger charge is 2.25. The maximum atomic E-state index is 12.8. The highest BCUT2D eigenvalue weighted by Crippen LogP contribution is 2.30. The van der Waals surface area contributed by atoms with Crippen LogP contribution in [0, 0.1) is 5.92 Å². The van der Waals surface area contributed by atoms with Crippen molar-refractivity contribution < 1.29 is 4.79 Å². The van der Waals surface area contributed by atoms with Crippen LogP contribution in [-0.2, 0) is 0 Å². The van der Waals surface area contributed by atoms with Gasteiger partial charge in [-0.2, -0.15) is 5.10 Å². The van der Waals surface area contributed by atoms with E-state index in [-0.39, 0.29) is 5.91 Å². The monoisotopic (exact) mass is 348 g/mol. The molecule has 2 heterocycles. The van der Waals surface area contributed by atoms with Gasteiger partial charge in [-0.3, -0.25) is 9.89 Å². The average molecular weight is 348 g/mol. The summed E-state index contributed by atoms with van der Waals surface area (Å²) in [5.74, 6) is 0.890. The number of benzene rings is 2. The Balaban J connectivity index is 1.52. The summed E-state index contributed by atoms with van der Waals surface area (Å²) in [6, 6.07) is 16.2. The second kappa shape index (κ2) is 7.70. The lowest BCUT2D eigenvalue weighted by atomic mass is 9.80. The van der Waals surface area contributed by atoms with Crippen LogP contribution in [0.3, 0.4) is 0 Å². The molecule has 1 aromatic heterocycles. The standard InChI is InChI=1S/C21H24N4O/c26-21(17-7-4-8-20-19(17)14-24-25-20)23-13-18(15-5-2-1-3-6-15)16-9-11-22-12-10-16/h1-8,14,16,18,22H,9-13H2,(H,23,26)(H,24,25). The van der Waals surface area contributed by atoms with Gasteiger partial charge in [0.2, 0.25) is 0 Å². The van der Waals surface area contributed by atoms with Crippen molar-refractivity contribution in [2.45, 2.75) is 18.8 Å². The van der Waals surface area contributed by atoms with Crippen LogP contribution >= 0.6 is 0 Å². The van der Waals surface area contributed by atoms with Gasteiger partial charge < -0.3 is 10.6 Å². The van der Waals surface area contributed by atoms with Crippen LogP contribution < -0.4 is 10.6 Å². The molecule has 0 spiro atoms. The summed E-state index contributed by atoms with van der Waals surface area (Å²) in [5, 5.41) is 14.4. The number of H-pyrrole nitrogens is 1. The number of carbonyl (C=O) groups is 1. The van der Waals surface area contributed by atoms with Gasteiger partial charge in [-0.15, -0.1) is 0 Å². The SMILES string of the molecule is O=C(NCC(c1ccccc1)C1CCNCC1)c1cccc2[nH]ncc12. The van der Waals surface area contributed by atoms with Gasteiger partial charge in [0.05, 0.1) is 17.3 Å². The summed E-state index contributed by atoms with van der Waals surface area (Å²) in [7, 11) is 0. The lowest BCUT2D eigenvalue weighted by molar-refractivity contribution is 0.0948. The molecule has 4 rings (SSSR count). The third-order valence-electron chi connectivity index (χ3n) is 5.39. The summed E-state index contributed by atoms with van der Waals surface area (Å²) in [4.78, 5) is 12.8. The van der Waals surface area contributed by atoms with E-state index in [2.05, 4.69) is 45.1 Å². The van der Waals surface area contributed by atoms with E-state index in [9.17, 15) is 4.79 Å². The summed E-state index contributed by atoms with van der Waals surface area (Å²) in [6.07, 6.45) is 4.01. The molecule has 0 bridgehead atoms. The molecule has 5 heteroatoms. The quantitative estimate of drug-likeness (QED) is 0.664. The molecule has 0 aliphatic carbocycles. The largest absolute Gasteiger partial charge is 0.351 e. The molecule has 0 radical (unpaired) electrons. The number of aromatic nitrogens is 2. The normalized spacial score (nSPS) is 16.5. The minimum absolute atomic E-state index is 0.0353. The van der Waals surface area contributed by atoms with Crippen LogP contribution in [0.4, 0.5) is 0 Å². The Hall–Kier alpha value is -2.66. The molecular weight excluding hydrogens is 324 g/mol. The smallest absolute Gasteiger partial charge is 0.252 e. The first-order valence-corrected chi connectivity index (χ1v) is 9.29. The summed E-state index contributed by atoms with van der Waals surface area (Å²) in [6.45, 7) is 2.76. The van der Waals surface area contributed by atoms with Crippen molar-refractivity contribution in [1.29, 1.82) is 0 Å². The van der Waals surface area contributed by atoms with Gasteiger partial charge in [0.25, 0.3) is 5.91 Å². The van der Waals surface area contributed by atoms with E-state index in [1.54, 1.807) is 6.20 Å². The van der Waals surface area contributed by atoms with E-state index >= 15 is 0 Å². The molecule has 3 N–H and O–H groups in total. The highest BCUT2D eigenvalue weighted by molar-refractivity contribution is 6.06. The molecule has 1 unspecified atom stereocenters. The Bertz CT molecular complexity index is 868. The first kappa shape index (κ1) is 16.8. The van der Waals surface area contributed by atoms with Gasteiger partial charge in [0.1, 0.15) is 0 Å². The van der Waals surface area contributed by atoms with Crippen molar-refractivity contribution in [2.75, 3.05) is 19.6 Å². The van der Waals surface area contributed by atoms with Crippen LogP contribution in [0.1, 0.15) is 34.7 Å². The van der Waals surface area contributed by atoms with Crippen molar-refractivity contribution in [3.8, 4) is 0 Å². The lowest BCUT2D eigenvalue weighted by Crippen LogP contribution is -2.36. The number of aromatic amines is 1. The van der Waals surface area contributed by atoms with E-state index in [4.69, 9.17) is 0 Å². The van der Waals surface area contributed by atoms with Crippen molar-refractivity contribution in [2.24, 2.45) is 5.92 Å². The predicted octanol–water partition coefficient (Wildman–Crippen LogP) is 3.08.